The summed E-state index contributed by atoms with van der Waals surface area (Å²) in [5.41, 5.74) is 0.0243. The van der Waals surface area contributed by atoms with E-state index in [0.29, 0.717) is 0 Å². The van der Waals surface area contributed by atoms with Gasteiger partial charge in [0, 0.05) is 17.6 Å². The summed E-state index contributed by atoms with van der Waals surface area (Å²) in [5, 5.41) is 3.74. The molecule has 1 aliphatic rings. The van der Waals surface area contributed by atoms with Crippen molar-refractivity contribution in [1.29, 1.82) is 0 Å². The van der Waals surface area contributed by atoms with Gasteiger partial charge in [0.1, 0.15) is 6.29 Å². The molecule has 0 amide bonds. The number of hydrogen-bond acceptors (Lipinski definition) is 3. The Kier molecular flexibility index (Phi) is 5.35. The molecule has 1 rings (SSSR count). The fourth-order valence-corrected chi connectivity index (χ4v) is 3.07. The highest BCUT2D eigenvalue weighted by molar-refractivity contribution is 5.61. The standard InChI is InChI=1S/C15H30N2O/c1-6-9-10-17-12-14(4,7-2)16-15(5,8-3)13(17)11-18/h11,13,16H,6-10,12H2,1-5H3. The molecule has 1 fully saturated rings. The van der Waals surface area contributed by atoms with Crippen LogP contribution in [0.5, 0.6) is 0 Å². The second-order valence-electron chi connectivity index (χ2n) is 6.22. The maximum atomic E-state index is 11.5. The predicted molar refractivity (Wildman–Crippen MR) is 76.9 cm³/mol. The minimum atomic E-state index is -0.0987. The molecule has 18 heavy (non-hydrogen) atoms. The van der Waals surface area contributed by atoms with Crippen molar-refractivity contribution in [2.75, 3.05) is 13.1 Å². The van der Waals surface area contributed by atoms with Crippen molar-refractivity contribution in [1.82, 2.24) is 10.2 Å². The highest BCUT2D eigenvalue weighted by Crippen LogP contribution is 2.30. The van der Waals surface area contributed by atoms with E-state index in [0.717, 1.165) is 32.2 Å². The molecule has 0 aromatic heterocycles. The first-order valence-electron chi connectivity index (χ1n) is 7.43. The summed E-state index contributed by atoms with van der Waals surface area (Å²) in [5.74, 6) is 0. The van der Waals surface area contributed by atoms with E-state index in [1.165, 1.54) is 12.8 Å². The van der Waals surface area contributed by atoms with Crippen molar-refractivity contribution >= 4 is 6.29 Å². The Morgan fingerprint density at radius 2 is 1.94 bits per heavy atom. The molecule has 3 unspecified atom stereocenters. The molecule has 3 nitrogen and oxygen atoms in total. The lowest BCUT2D eigenvalue weighted by Gasteiger charge is -2.54. The van der Waals surface area contributed by atoms with Gasteiger partial charge < -0.3 is 10.1 Å². The van der Waals surface area contributed by atoms with Crippen molar-refractivity contribution in [2.45, 2.75) is 77.4 Å². The lowest BCUT2D eigenvalue weighted by atomic mass is 9.80. The monoisotopic (exact) mass is 254 g/mol. The number of nitrogens with zero attached hydrogens (tertiary/aromatic N) is 1. The molecule has 3 heteroatoms. The summed E-state index contributed by atoms with van der Waals surface area (Å²) in [4.78, 5) is 13.9. The molecular formula is C15H30N2O. The maximum absolute atomic E-state index is 11.5. The fraction of sp³-hybridized carbons (Fsp3) is 0.933. The van der Waals surface area contributed by atoms with Gasteiger partial charge in [0.05, 0.1) is 6.04 Å². The highest BCUT2D eigenvalue weighted by atomic mass is 16.1. The van der Waals surface area contributed by atoms with Crippen LogP contribution < -0.4 is 5.32 Å². The summed E-state index contributed by atoms with van der Waals surface area (Å²) in [6.07, 6.45) is 5.57. The first-order chi connectivity index (χ1) is 8.44. The quantitative estimate of drug-likeness (QED) is 0.740. The largest absolute Gasteiger partial charge is 0.303 e. The maximum Gasteiger partial charge on any atom is 0.139 e. The molecule has 1 aliphatic heterocycles. The smallest absolute Gasteiger partial charge is 0.139 e. The SMILES string of the molecule is CCCCN1CC(C)(CC)NC(C)(CC)C1C=O. The van der Waals surface area contributed by atoms with Crippen LogP contribution in [0.3, 0.4) is 0 Å². The van der Waals surface area contributed by atoms with Crippen molar-refractivity contribution in [2.24, 2.45) is 0 Å². The van der Waals surface area contributed by atoms with Gasteiger partial charge in [0.25, 0.3) is 0 Å². The minimum absolute atomic E-state index is 0.00803. The summed E-state index contributed by atoms with van der Waals surface area (Å²) >= 11 is 0. The molecule has 0 spiro atoms. The van der Waals surface area contributed by atoms with Crippen LogP contribution in [-0.4, -0.2) is 41.4 Å². The van der Waals surface area contributed by atoms with Gasteiger partial charge in [-0.05, 0) is 39.7 Å². The van der Waals surface area contributed by atoms with Crippen molar-refractivity contribution < 1.29 is 4.79 Å². The number of carbonyl (C=O) groups excluding carboxylic acids is 1. The summed E-state index contributed by atoms with van der Waals surface area (Å²) < 4.78 is 0. The number of carbonyl (C=O) groups is 1. The van der Waals surface area contributed by atoms with E-state index in [4.69, 9.17) is 0 Å². The number of hydrogen-bond donors (Lipinski definition) is 1. The molecule has 0 aliphatic carbocycles. The summed E-state index contributed by atoms with van der Waals surface area (Å²) in [7, 11) is 0. The first-order valence-corrected chi connectivity index (χ1v) is 7.43. The molecule has 0 aromatic carbocycles. The second-order valence-corrected chi connectivity index (χ2v) is 6.22. The van der Waals surface area contributed by atoms with Gasteiger partial charge in [-0.25, -0.2) is 0 Å². The fourth-order valence-electron chi connectivity index (χ4n) is 3.07. The van der Waals surface area contributed by atoms with Crippen LogP contribution in [0.25, 0.3) is 0 Å². The predicted octanol–water partition coefficient (Wildman–Crippen LogP) is 2.60. The Hall–Kier alpha value is -0.410. The van der Waals surface area contributed by atoms with Crippen LogP contribution in [0.4, 0.5) is 0 Å². The zero-order valence-corrected chi connectivity index (χ0v) is 12.8. The van der Waals surface area contributed by atoms with Gasteiger partial charge >= 0.3 is 0 Å². The number of rotatable bonds is 6. The Labute approximate surface area is 112 Å². The van der Waals surface area contributed by atoms with Gasteiger partial charge in [-0.3, -0.25) is 4.90 Å². The lowest BCUT2D eigenvalue weighted by molar-refractivity contribution is -0.119. The third-order valence-electron chi connectivity index (χ3n) is 4.63. The van der Waals surface area contributed by atoms with E-state index in [2.05, 4.69) is 44.8 Å². The van der Waals surface area contributed by atoms with Crippen LogP contribution in [0.2, 0.25) is 0 Å². The molecule has 3 atom stereocenters. The average molecular weight is 254 g/mol. The molecular weight excluding hydrogens is 224 g/mol. The zero-order chi connectivity index (χ0) is 13.8. The summed E-state index contributed by atoms with van der Waals surface area (Å²) in [6.45, 7) is 13.1. The van der Waals surface area contributed by atoms with Crippen molar-refractivity contribution in [3.05, 3.63) is 0 Å². The van der Waals surface area contributed by atoms with Crippen LogP contribution in [0, 0.1) is 0 Å². The van der Waals surface area contributed by atoms with Gasteiger partial charge in [-0.2, -0.15) is 0 Å². The van der Waals surface area contributed by atoms with E-state index in [1.807, 2.05) is 0 Å². The Morgan fingerprint density at radius 1 is 1.28 bits per heavy atom. The number of unbranched alkanes of at least 4 members (excludes halogenated alkanes) is 1. The molecule has 0 aromatic rings. The second kappa shape index (κ2) is 6.16. The van der Waals surface area contributed by atoms with Gasteiger partial charge in [-0.15, -0.1) is 0 Å². The molecule has 1 heterocycles. The van der Waals surface area contributed by atoms with Crippen LogP contribution in [0.1, 0.15) is 60.3 Å². The van der Waals surface area contributed by atoms with E-state index < -0.39 is 0 Å². The molecule has 0 bridgehead atoms. The van der Waals surface area contributed by atoms with Gasteiger partial charge in [-0.1, -0.05) is 27.2 Å². The Morgan fingerprint density at radius 3 is 2.39 bits per heavy atom. The van der Waals surface area contributed by atoms with Crippen LogP contribution >= 0.6 is 0 Å². The lowest BCUT2D eigenvalue weighted by Crippen LogP contribution is -2.73. The zero-order valence-electron chi connectivity index (χ0n) is 12.8. The third-order valence-corrected chi connectivity index (χ3v) is 4.63. The Balaban J connectivity index is 2.94. The molecule has 1 N–H and O–H groups in total. The van der Waals surface area contributed by atoms with Crippen molar-refractivity contribution in [3.8, 4) is 0 Å². The van der Waals surface area contributed by atoms with Crippen LogP contribution in [-0.2, 0) is 4.79 Å². The van der Waals surface area contributed by atoms with E-state index in [-0.39, 0.29) is 17.1 Å². The van der Waals surface area contributed by atoms with Gasteiger partial charge in [0.2, 0.25) is 0 Å². The number of aldehydes is 1. The molecule has 106 valence electrons. The van der Waals surface area contributed by atoms with E-state index in [1.54, 1.807) is 0 Å². The van der Waals surface area contributed by atoms with E-state index in [9.17, 15) is 4.79 Å². The normalized spacial score (nSPS) is 37.7. The van der Waals surface area contributed by atoms with Crippen LogP contribution in [0.15, 0.2) is 0 Å². The third kappa shape index (κ3) is 3.12. The molecule has 1 saturated heterocycles. The molecule has 0 saturated carbocycles. The van der Waals surface area contributed by atoms with E-state index >= 15 is 0 Å². The average Bonchev–Trinajstić information content (AvgIpc) is 2.36. The highest BCUT2D eigenvalue weighted by Gasteiger charge is 2.46. The summed E-state index contributed by atoms with van der Waals surface area (Å²) in [6, 6.07) is 0.00803. The number of piperazine rings is 1. The van der Waals surface area contributed by atoms with Crippen molar-refractivity contribution in [3.63, 3.8) is 0 Å². The topological polar surface area (TPSA) is 32.3 Å². The van der Waals surface area contributed by atoms with Gasteiger partial charge in [0.15, 0.2) is 0 Å². The number of nitrogens with one attached hydrogen (secondary N) is 1. The molecule has 0 radical (unpaired) electrons. The first kappa shape index (κ1) is 15.6. The Bertz CT molecular complexity index is 282. The minimum Gasteiger partial charge on any atom is -0.303 e.